The van der Waals surface area contributed by atoms with Crippen LogP contribution in [-0.4, -0.2) is 0 Å². The Bertz CT molecular complexity index is 654. The first-order valence-electron chi connectivity index (χ1n) is 5.82. The molecule has 2 aromatic rings. The first-order valence-corrected chi connectivity index (χ1v) is 6.61. The number of rotatable bonds is 3. The normalized spacial score (nSPS) is 11.5. The molecule has 0 atom stereocenters. The van der Waals surface area contributed by atoms with Gasteiger partial charge in [0.1, 0.15) is 11.6 Å². The van der Waals surface area contributed by atoms with E-state index in [1.807, 2.05) is 0 Å². The first kappa shape index (κ1) is 15.8. The molecule has 0 saturated carbocycles. The molecule has 112 valence electrons. The maximum absolute atomic E-state index is 13.1. The molecule has 0 aliphatic rings. The van der Waals surface area contributed by atoms with Crippen LogP contribution in [0.2, 0.25) is 0 Å². The first-order chi connectivity index (χ1) is 9.77. The van der Waals surface area contributed by atoms with Crippen molar-refractivity contribution in [2.45, 2.75) is 12.7 Å². The van der Waals surface area contributed by atoms with Gasteiger partial charge >= 0.3 is 6.18 Å². The van der Waals surface area contributed by atoms with E-state index in [4.69, 9.17) is 0 Å². The minimum Gasteiger partial charge on any atom is -0.381 e. The quantitative estimate of drug-likeness (QED) is 0.722. The Kier molecular flexibility index (Phi) is 4.51. The molecule has 1 N–H and O–H groups in total. The third-order valence-electron chi connectivity index (χ3n) is 2.77. The molecule has 1 nitrogen and oxygen atoms in total. The molecule has 0 aliphatic heterocycles. The number of nitrogens with one attached hydrogen (secondary N) is 1. The van der Waals surface area contributed by atoms with Crippen molar-refractivity contribution in [3.8, 4) is 0 Å². The molecule has 0 radical (unpaired) electrons. The number of alkyl halides is 3. The topological polar surface area (TPSA) is 12.0 Å². The predicted octanol–water partition coefficient (Wildman–Crippen LogP) is 5.36. The average molecular weight is 366 g/mol. The molecule has 0 heterocycles. The largest absolute Gasteiger partial charge is 0.419 e. The van der Waals surface area contributed by atoms with Gasteiger partial charge in [-0.3, -0.25) is 0 Å². The van der Waals surface area contributed by atoms with Gasteiger partial charge in [0, 0.05) is 16.7 Å². The standard InChI is InChI=1S/C14H9BrF5N/c15-12-5-9(16)2-1-8(12)7-21-10-3-4-13(17)11(6-10)14(18,19)20/h1-6,21H,7H2. The number of halogens is 6. The van der Waals surface area contributed by atoms with Crippen LogP contribution in [0.5, 0.6) is 0 Å². The van der Waals surface area contributed by atoms with E-state index in [-0.39, 0.29) is 12.2 Å². The minimum absolute atomic E-state index is 0.125. The third kappa shape index (κ3) is 3.93. The maximum atomic E-state index is 13.1. The predicted molar refractivity (Wildman–Crippen MR) is 72.8 cm³/mol. The molecule has 0 amide bonds. The molecule has 0 fully saturated rings. The minimum atomic E-state index is -4.75. The third-order valence-corrected chi connectivity index (χ3v) is 3.51. The van der Waals surface area contributed by atoms with E-state index in [0.717, 1.165) is 6.07 Å². The zero-order valence-corrected chi connectivity index (χ0v) is 12.0. The van der Waals surface area contributed by atoms with Crippen LogP contribution >= 0.6 is 15.9 Å². The summed E-state index contributed by atoms with van der Waals surface area (Å²) in [6.07, 6.45) is -4.75. The van der Waals surface area contributed by atoms with E-state index in [0.29, 0.717) is 16.1 Å². The molecule has 0 unspecified atom stereocenters. The molecule has 21 heavy (non-hydrogen) atoms. The number of anilines is 1. The van der Waals surface area contributed by atoms with Crippen LogP contribution in [0.4, 0.5) is 27.6 Å². The summed E-state index contributed by atoms with van der Waals surface area (Å²) in [4.78, 5) is 0. The van der Waals surface area contributed by atoms with Crippen molar-refractivity contribution >= 4 is 21.6 Å². The highest BCUT2D eigenvalue weighted by Gasteiger charge is 2.34. The Morgan fingerprint density at radius 1 is 1.00 bits per heavy atom. The van der Waals surface area contributed by atoms with Crippen molar-refractivity contribution in [2.24, 2.45) is 0 Å². The van der Waals surface area contributed by atoms with Crippen molar-refractivity contribution in [1.82, 2.24) is 0 Å². The van der Waals surface area contributed by atoms with Crippen LogP contribution in [0.15, 0.2) is 40.9 Å². The van der Waals surface area contributed by atoms with Gasteiger partial charge in [0.2, 0.25) is 0 Å². The van der Waals surface area contributed by atoms with E-state index >= 15 is 0 Å². The zero-order valence-electron chi connectivity index (χ0n) is 10.4. The number of hydrogen-bond donors (Lipinski definition) is 1. The van der Waals surface area contributed by atoms with E-state index in [9.17, 15) is 22.0 Å². The second-order valence-electron chi connectivity index (χ2n) is 4.28. The van der Waals surface area contributed by atoms with E-state index < -0.39 is 23.4 Å². The van der Waals surface area contributed by atoms with Gasteiger partial charge in [-0.1, -0.05) is 22.0 Å². The zero-order chi connectivity index (χ0) is 15.6. The Labute approximate surface area is 125 Å². The second kappa shape index (κ2) is 6.01. The lowest BCUT2D eigenvalue weighted by Gasteiger charge is -2.12. The van der Waals surface area contributed by atoms with Gasteiger partial charge in [-0.05, 0) is 35.9 Å². The number of benzene rings is 2. The average Bonchev–Trinajstić information content (AvgIpc) is 2.38. The Balaban J connectivity index is 2.17. The van der Waals surface area contributed by atoms with E-state index in [1.165, 1.54) is 24.3 Å². The Morgan fingerprint density at radius 2 is 1.71 bits per heavy atom. The monoisotopic (exact) mass is 365 g/mol. The summed E-state index contributed by atoms with van der Waals surface area (Å²) in [6, 6.07) is 6.66. The summed E-state index contributed by atoms with van der Waals surface area (Å²) in [6.45, 7) is 0.170. The highest BCUT2D eigenvalue weighted by atomic mass is 79.9. The van der Waals surface area contributed by atoms with Crippen molar-refractivity contribution in [2.75, 3.05) is 5.32 Å². The lowest BCUT2D eigenvalue weighted by atomic mass is 10.1. The van der Waals surface area contributed by atoms with Crippen LogP contribution < -0.4 is 5.32 Å². The molecule has 0 aromatic heterocycles. The smallest absolute Gasteiger partial charge is 0.381 e. The van der Waals surface area contributed by atoms with E-state index in [2.05, 4.69) is 21.2 Å². The molecule has 0 spiro atoms. The van der Waals surface area contributed by atoms with Gasteiger partial charge in [-0.15, -0.1) is 0 Å². The SMILES string of the molecule is Fc1ccc(CNc2ccc(F)c(C(F)(F)F)c2)c(Br)c1. The molecular formula is C14H9BrF5N. The van der Waals surface area contributed by atoms with Crippen LogP contribution in [-0.2, 0) is 12.7 Å². The fraction of sp³-hybridized carbons (Fsp3) is 0.143. The lowest BCUT2D eigenvalue weighted by Crippen LogP contribution is -2.09. The van der Waals surface area contributed by atoms with Crippen molar-refractivity contribution in [3.05, 3.63) is 63.6 Å². The fourth-order valence-corrected chi connectivity index (χ4v) is 2.21. The molecule has 0 aliphatic carbocycles. The van der Waals surface area contributed by atoms with Crippen LogP contribution in [0.3, 0.4) is 0 Å². The molecular weight excluding hydrogens is 357 g/mol. The lowest BCUT2D eigenvalue weighted by molar-refractivity contribution is -0.139. The van der Waals surface area contributed by atoms with Gasteiger partial charge in [0.25, 0.3) is 0 Å². The Morgan fingerprint density at radius 3 is 2.33 bits per heavy atom. The van der Waals surface area contributed by atoms with Gasteiger partial charge in [0.05, 0.1) is 5.56 Å². The molecule has 2 rings (SSSR count). The summed E-state index contributed by atoms with van der Waals surface area (Å²) in [5, 5.41) is 2.74. The van der Waals surface area contributed by atoms with Crippen molar-refractivity contribution in [1.29, 1.82) is 0 Å². The van der Waals surface area contributed by atoms with Gasteiger partial charge in [0.15, 0.2) is 0 Å². The molecule has 0 bridgehead atoms. The Hall–Kier alpha value is -1.63. The molecule has 0 saturated heterocycles. The van der Waals surface area contributed by atoms with Crippen molar-refractivity contribution < 1.29 is 22.0 Å². The van der Waals surface area contributed by atoms with Gasteiger partial charge < -0.3 is 5.32 Å². The summed E-state index contributed by atoms with van der Waals surface area (Å²) in [5.74, 6) is -1.75. The van der Waals surface area contributed by atoms with Crippen LogP contribution in [0.25, 0.3) is 0 Å². The number of hydrogen-bond acceptors (Lipinski definition) is 1. The summed E-state index contributed by atoms with van der Waals surface area (Å²) >= 11 is 3.16. The molecule has 7 heteroatoms. The second-order valence-corrected chi connectivity index (χ2v) is 5.14. The maximum Gasteiger partial charge on any atom is 0.419 e. The summed E-state index contributed by atoms with van der Waals surface area (Å²) in [5.41, 5.74) is -0.542. The highest BCUT2D eigenvalue weighted by molar-refractivity contribution is 9.10. The summed E-state index contributed by atoms with van der Waals surface area (Å²) in [7, 11) is 0. The molecule has 2 aromatic carbocycles. The summed E-state index contributed by atoms with van der Waals surface area (Å²) < 4.78 is 64.3. The van der Waals surface area contributed by atoms with Gasteiger partial charge in [-0.2, -0.15) is 13.2 Å². The van der Waals surface area contributed by atoms with Crippen LogP contribution in [0, 0.1) is 11.6 Å². The highest BCUT2D eigenvalue weighted by Crippen LogP contribution is 2.33. The van der Waals surface area contributed by atoms with E-state index in [1.54, 1.807) is 0 Å². The van der Waals surface area contributed by atoms with Crippen molar-refractivity contribution in [3.63, 3.8) is 0 Å². The fourth-order valence-electron chi connectivity index (χ4n) is 1.71. The van der Waals surface area contributed by atoms with Gasteiger partial charge in [-0.25, -0.2) is 8.78 Å². The van der Waals surface area contributed by atoms with Crippen LogP contribution in [0.1, 0.15) is 11.1 Å².